The highest BCUT2D eigenvalue weighted by molar-refractivity contribution is 5.81. The lowest BCUT2D eigenvalue weighted by Crippen LogP contribution is -2.47. The van der Waals surface area contributed by atoms with Gasteiger partial charge in [0.2, 0.25) is 0 Å². The van der Waals surface area contributed by atoms with Gasteiger partial charge in [-0.3, -0.25) is 4.79 Å². The summed E-state index contributed by atoms with van der Waals surface area (Å²) in [6.45, 7) is 1.70. The van der Waals surface area contributed by atoms with Crippen LogP contribution < -0.4 is 0 Å². The molecule has 2 atom stereocenters. The van der Waals surface area contributed by atoms with Crippen molar-refractivity contribution in [1.82, 2.24) is 4.90 Å². The first-order valence-corrected chi connectivity index (χ1v) is 6.36. The number of benzene rings is 1. The van der Waals surface area contributed by atoms with Crippen molar-refractivity contribution in [3.05, 3.63) is 35.4 Å². The summed E-state index contributed by atoms with van der Waals surface area (Å²) in [5, 5.41) is 28.7. The average Bonchev–Trinajstić information content (AvgIpc) is 2.53. The second-order valence-corrected chi connectivity index (χ2v) is 4.56. The fourth-order valence-electron chi connectivity index (χ4n) is 2.04. The molecule has 6 heteroatoms. The number of aliphatic hydroxyl groups is 2. The Balaban J connectivity index is 2.04. The molecule has 106 valence electrons. The molecule has 0 unspecified atom stereocenters. The number of nitriles is 1. The van der Waals surface area contributed by atoms with Crippen LogP contribution in [0.3, 0.4) is 0 Å². The van der Waals surface area contributed by atoms with E-state index in [1.54, 1.807) is 0 Å². The number of nitrogens with zero attached hydrogens (tertiary/aromatic N) is 2. The number of hydrogen-bond donors (Lipinski definition) is 2. The van der Waals surface area contributed by atoms with Crippen molar-refractivity contribution in [2.24, 2.45) is 0 Å². The van der Waals surface area contributed by atoms with E-state index in [0.717, 1.165) is 0 Å². The highest BCUT2D eigenvalue weighted by Gasteiger charge is 2.30. The number of rotatable bonds is 3. The van der Waals surface area contributed by atoms with Gasteiger partial charge in [-0.2, -0.15) is 5.26 Å². The van der Waals surface area contributed by atoms with Crippen LogP contribution in [0.4, 0.5) is 0 Å². The molecule has 20 heavy (non-hydrogen) atoms. The fraction of sp³-hybridized carbons (Fsp3) is 0.429. The minimum atomic E-state index is -1.51. The molecular weight excluding hydrogens is 260 g/mol. The maximum atomic E-state index is 12.0. The highest BCUT2D eigenvalue weighted by Crippen LogP contribution is 2.19. The van der Waals surface area contributed by atoms with Crippen LogP contribution in [0.1, 0.15) is 17.2 Å². The Labute approximate surface area is 116 Å². The number of carbonyl (C=O) groups is 1. The summed E-state index contributed by atoms with van der Waals surface area (Å²) < 4.78 is 5.13. The van der Waals surface area contributed by atoms with Gasteiger partial charge < -0.3 is 19.8 Å². The second-order valence-electron chi connectivity index (χ2n) is 4.56. The molecule has 0 bridgehead atoms. The summed E-state index contributed by atoms with van der Waals surface area (Å²) in [5.41, 5.74) is 0.855. The minimum absolute atomic E-state index is 0.401. The molecule has 0 saturated carbocycles. The summed E-state index contributed by atoms with van der Waals surface area (Å²) >= 11 is 0. The number of carbonyl (C=O) groups excluding carboxylic acids is 1. The monoisotopic (exact) mass is 276 g/mol. The molecule has 2 rings (SSSR count). The molecule has 1 aliphatic heterocycles. The predicted octanol–water partition coefficient (Wildman–Crippen LogP) is -0.189. The third-order valence-electron chi connectivity index (χ3n) is 3.26. The Morgan fingerprint density at radius 3 is 2.40 bits per heavy atom. The molecular formula is C14H16N2O4. The lowest BCUT2D eigenvalue weighted by molar-refractivity contribution is -0.150. The number of aliphatic hydroxyl groups excluding tert-OH is 2. The lowest BCUT2D eigenvalue weighted by atomic mass is 10.0. The third-order valence-corrected chi connectivity index (χ3v) is 3.26. The average molecular weight is 276 g/mol. The number of ether oxygens (including phenoxy) is 1. The standard InChI is InChI=1S/C14H16N2O4/c15-9-10-1-3-11(4-2-10)12(17)13(18)14(19)16-5-7-20-8-6-16/h1-4,12-13,17-18H,5-8H2/t12-,13+/m0/s1. The topological polar surface area (TPSA) is 93.8 Å². The van der Waals surface area contributed by atoms with Crippen LogP contribution >= 0.6 is 0 Å². The van der Waals surface area contributed by atoms with Crippen molar-refractivity contribution in [1.29, 1.82) is 5.26 Å². The van der Waals surface area contributed by atoms with Crippen LogP contribution in [0.25, 0.3) is 0 Å². The van der Waals surface area contributed by atoms with Crippen molar-refractivity contribution in [2.45, 2.75) is 12.2 Å². The van der Waals surface area contributed by atoms with Gasteiger partial charge in [-0.25, -0.2) is 0 Å². The van der Waals surface area contributed by atoms with E-state index in [-0.39, 0.29) is 0 Å². The van der Waals surface area contributed by atoms with Gasteiger partial charge in [0.1, 0.15) is 6.10 Å². The van der Waals surface area contributed by atoms with Gasteiger partial charge in [0.15, 0.2) is 6.10 Å². The molecule has 0 radical (unpaired) electrons. The molecule has 1 saturated heterocycles. The maximum Gasteiger partial charge on any atom is 0.254 e. The molecule has 1 aromatic carbocycles. The summed E-state index contributed by atoms with van der Waals surface area (Å²) in [7, 11) is 0. The quantitative estimate of drug-likeness (QED) is 0.798. The van der Waals surface area contributed by atoms with Crippen LogP contribution in [0, 0.1) is 11.3 Å². The van der Waals surface area contributed by atoms with Crippen LogP contribution in [0.15, 0.2) is 24.3 Å². The van der Waals surface area contributed by atoms with E-state index >= 15 is 0 Å². The summed E-state index contributed by atoms with van der Waals surface area (Å²) in [4.78, 5) is 13.5. The fourth-order valence-corrected chi connectivity index (χ4v) is 2.04. The van der Waals surface area contributed by atoms with Crippen molar-refractivity contribution in [3.8, 4) is 6.07 Å². The molecule has 6 nitrogen and oxygen atoms in total. The van der Waals surface area contributed by atoms with Crippen molar-refractivity contribution in [3.63, 3.8) is 0 Å². The van der Waals surface area contributed by atoms with Gasteiger partial charge >= 0.3 is 0 Å². The van der Waals surface area contributed by atoms with Gasteiger partial charge in [-0.05, 0) is 17.7 Å². The molecule has 1 heterocycles. The Bertz CT molecular complexity index is 503. The van der Waals surface area contributed by atoms with Crippen LogP contribution in [-0.2, 0) is 9.53 Å². The summed E-state index contributed by atoms with van der Waals surface area (Å²) in [6, 6.07) is 8.08. The summed E-state index contributed by atoms with van der Waals surface area (Å²) in [5.74, 6) is -0.509. The van der Waals surface area contributed by atoms with Gasteiger partial charge in [0.25, 0.3) is 5.91 Å². The van der Waals surface area contributed by atoms with Gasteiger partial charge in [0, 0.05) is 13.1 Å². The zero-order valence-electron chi connectivity index (χ0n) is 10.9. The van der Waals surface area contributed by atoms with E-state index in [1.807, 2.05) is 6.07 Å². The van der Waals surface area contributed by atoms with E-state index in [9.17, 15) is 15.0 Å². The van der Waals surface area contributed by atoms with Crippen molar-refractivity contribution >= 4 is 5.91 Å². The van der Waals surface area contributed by atoms with Gasteiger partial charge in [-0.1, -0.05) is 12.1 Å². The van der Waals surface area contributed by atoms with Gasteiger partial charge in [0.05, 0.1) is 24.8 Å². The molecule has 0 aliphatic carbocycles. The number of morpholine rings is 1. The first-order chi connectivity index (χ1) is 9.63. The highest BCUT2D eigenvalue weighted by atomic mass is 16.5. The van der Waals surface area contributed by atoms with E-state index < -0.39 is 18.1 Å². The molecule has 1 fully saturated rings. The number of amides is 1. The molecule has 1 aliphatic rings. The van der Waals surface area contributed by atoms with Crippen LogP contribution in [0.5, 0.6) is 0 Å². The third kappa shape index (κ3) is 3.14. The zero-order valence-corrected chi connectivity index (χ0v) is 10.9. The van der Waals surface area contributed by atoms with E-state index in [0.29, 0.717) is 37.4 Å². The predicted molar refractivity (Wildman–Crippen MR) is 69.5 cm³/mol. The van der Waals surface area contributed by atoms with Crippen molar-refractivity contribution < 1.29 is 19.7 Å². The van der Waals surface area contributed by atoms with Crippen LogP contribution in [0.2, 0.25) is 0 Å². The number of hydrogen-bond acceptors (Lipinski definition) is 5. The van der Waals surface area contributed by atoms with Crippen LogP contribution in [-0.4, -0.2) is 53.4 Å². The minimum Gasteiger partial charge on any atom is -0.385 e. The zero-order chi connectivity index (χ0) is 14.5. The molecule has 2 N–H and O–H groups in total. The molecule has 1 amide bonds. The largest absolute Gasteiger partial charge is 0.385 e. The SMILES string of the molecule is N#Cc1ccc([C@H](O)[C@@H](O)C(=O)N2CCOCC2)cc1. The first-order valence-electron chi connectivity index (χ1n) is 6.36. The maximum absolute atomic E-state index is 12.0. The first kappa shape index (κ1) is 14.5. The Hall–Kier alpha value is -1.94. The Morgan fingerprint density at radius 1 is 1.25 bits per heavy atom. The molecule has 1 aromatic rings. The van der Waals surface area contributed by atoms with Gasteiger partial charge in [-0.15, -0.1) is 0 Å². The molecule has 0 spiro atoms. The summed E-state index contributed by atoms with van der Waals surface area (Å²) in [6.07, 6.45) is -2.82. The Kier molecular flexibility index (Phi) is 4.69. The Morgan fingerprint density at radius 2 is 1.85 bits per heavy atom. The second kappa shape index (κ2) is 6.48. The smallest absolute Gasteiger partial charge is 0.254 e. The lowest BCUT2D eigenvalue weighted by Gasteiger charge is -2.30. The normalized spacial score (nSPS) is 18.1. The molecule has 0 aromatic heterocycles. The van der Waals surface area contributed by atoms with E-state index in [4.69, 9.17) is 10.00 Å². The van der Waals surface area contributed by atoms with E-state index in [2.05, 4.69) is 0 Å². The van der Waals surface area contributed by atoms with Crippen molar-refractivity contribution in [2.75, 3.05) is 26.3 Å². The van der Waals surface area contributed by atoms with E-state index in [1.165, 1.54) is 29.2 Å².